The predicted octanol–water partition coefficient (Wildman–Crippen LogP) is 1.41. The van der Waals surface area contributed by atoms with Crippen molar-refractivity contribution in [1.82, 2.24) is 19.7 Å². The van der Waals surface area contributed by atoms with Crippen molar-refractivity contribution in [2.75, 3.05) is 46.2 Å². The van der Waals surface area contributed by atoms with Crippen molar-refractivity contribution in [2.24, 2.45) is 16.5 Å². The fourth-order valence-electron chi connectivity index (χ4n) is 3.54. The van der Waals surface area contributed by atoms with E-state index in [1.54, 1.807) is 10.9 Å². The van der Waals surface area contributed by atoms with Gasteiger partial charge in [0.25, 0.3) is 5.91 Å². The lowest BCUT2D eigenvalue weighted by Crippen LogP contribution is -2.27. The molecule has 0 aliphatic rings. The highest BCUT2D eigenvalue weighted by Crippen LogP contribution is 2.30. The SMILES string of the molecule is C/C(=C\c1cc(F)c(Oc2ccc([S+]([O-])NCCOCCOCCOCCn3cc(CO)nn3)cc2)c(F)c1)C(=O)N=C(N)N. The molecule has 1 unspecified atom stereocenters. The number of amides is 1. The zero-order valence-corrected chi connectivity index (χ0v) is 25.3. The van der Waals surface area contributed by atoms with E-state index in [1.807, 2.05) is 0 Å². The van der Waals surface area contributed by atoms with Gasteiger partial charge in [-0.2, -0.15) is 4.99 Å². The van der Waals surface area contributed by atoms with Crippen molar-refractivity contribution in [3.63, 3.8) is 0 Å². The number of ether oxygens (including phenoxy) is 4. The minimum absolute atomic E-state index is 0.0716. The van der Waals surface area contributed by atoms with Gasteiger partial charge >= 0.3 is 0 Å². The number of carbonyl (C=O) groups is 1. The molecule has 1 aromatic heterocycles. The lowest BCUT2D eigenvalue weighted by molar-refractivity contribution is -0.114. The normalized spacial score (nSPS) is 12.2. The number of aliphatic imine (C=N–C) groups is 1. The van der Waals surface area contributed by atoms with Crippen LogP contribution in [-0.4, -0.2) is 82.7 Å². The molecule has 17 heteroatoms. The van der Waals surface area contributed by atoms with Crippen LogP contribution in [0.15, 0.2) is 58.1 Å². The van der Waals surface area contributed by atoms with E-state index in [0.717, 1.165) is 12.1 Å². The molecule has 0 aliphatic carbocycles. The van der Waals surface area contributed by atoms with Crippen LogP contribution in [0.3, 0.4) is 0 Å². The summed E-state index contributed by atoms with van der Waals surface area (Å²) in [6.07, 6.45) is 2.88. The van der Waals surface area contributed by atoms with Crippen LogP contribution in [0.1, 0.15) is 18.2 Å². The second-order valence-electron chi connectivity index (χ2n) is 9.19. The molecule has 14 nitrogen and oxygen atoms in total. The minimum Gasteiger partial charge on any atom is -0.593 e. The smallest absolute Gasteiger partial charge is 0.275 e. The van der Waals surface area contributed by atoms with Gasteiger partial charge in [0, 0.05) is 5.57 Å². The number of carbonyl (C=O) groups excluding carboxylic acids is 1. The first-order chi connectivity index (χ1) is 21.7. The number of aliphatic hydroxyl groups is 1. The second-order valence-corrected chi connectivity index (χ2v) is 10.5. The summed E-state index contributed by atoms with van der Waals surface area (Å²) in [5, 5.41) is 16.6. The Labute approximate surface area is 261 Å². The van der Waals surface area contributed by atoms with Gasteiger partial charge in [-0.15, -0.1) is 9.82 Å². The molecule has 3 rings (SSSR count). The van der Waals surface area contributed by atoms with Gasteiger partial charge in [0.15, 0.2) is 28.2 Å². The van der Waals surface area contributed by atoms with E-state index >= 15 is 0 Å². The Morgan fingerprint density at radius 2 is 1.69 bits per heavy atom. The van der Waals surface area contributed by atoms with E-state index in [-0.39, 0.29) is 23.5 Å². The van der Waals surface area contributed by atoms with Gasteiger partial charge in [-0.1, -0.05) is 5.21 Å². The Morgan fingerprint density at radius 1 is 1.07 bits per heavy atom. The van der Waals surface area contributed by atoms with Crippen molar-refractivity contribution in [2.45, 2.75) is 25.0 Å². The third-order valence-corrected chi connectivity index (χ3v) is 6.83. The van der Waals surface area contributed by atoms with Crippen molar-refractivity contribution in [3.8, 4) is 11.5 Å². The third kappa shape index (κ3) is 12.5. The van der Waals surface area contributed by atoms with Crippen molar-refractivity contribution < 1.29 is 42.2 Å². The van der Waals surface area contributed by atoms with Gasteiger partial charge in [-0.3, -0.25) is 4.79 Å². The average molecular weight is 652 g/mol. The fraction of sp³-hybridized carbons (Fsp3) is 0.357. The molecule has 0 saturated heterocycles. The van der Waals surface area contributed by atoms with E-state index in [2.05, 4.69) is 20.0 Å². The summed E-state index contributed by atoms with van der Waals surface area (Å²) in [7, 11) is 0. The monoisotopic (exact) mass is 651 g/mol. The maximum atomic E-state index is 14.6. The second kappa shape index (κ2) is 18.7. The molecule has 1 atom stereocenters. The van der Waals surface area contributed by atoms with Crippen LogP contribution in [0.2, 0.25) is 0 Å². The standard InChI is InChI=1S/C28H35F2N7O7S/c1-19(27(39)34-28(31)32)14-20-15-24(29)26(25(30)16-20)44-22-2-4-23(5-3-22)45(40)33-6-8-41-10-12-43-13-11-42-9-7-37-17-21(18-38)35-36-37/h2-5,14-17,33,38H,6-13,18H2,1H3,(H4,31,32,34,39)/b19-14+. The summed E-state index contributed by atoms with van der Waals surface area (Å²) < 4.78 is 67.8. The summed E-state index contributed by atoms with van der Waals surface area (Å²) in [5.41, 5.74) is 11.0. The molecule has 3 aromatic rings. The summed E-state index contributed by atoms with van der Waals surface area (Å²) in [6, 6.07) is 7.86. The van der Waals surface area contributed by atoms with Crippen LogP contribution in [-0.2, 0) is 43.5 Å². The molecule has 0 radical (unpaired) electrons. The van der Waals surface area contributed by atoms with Crippen molar-refractivity contribution in [1.29, 1.82) is 0 Å². The first-order valence-corrected chi connectivity index (χ1v) is 14.8. The number of nitrogens with two attached hydrogens (primary N) is 2. The predicted molar refractivity (Wildman–Crippen MR) is 160 cm³/mol. The molecule has 244 valence electrons. The lowest BCUT2D eigenvalue weighted by Gasteiger charge is -2.12. The van der Waals surface area contributed by atoms with Crippen molar-refractivity contribution in [3.05, 3.63) is 71.1 Å². The molecule has 1 heterocycles. The summed E-state index contributed by atoms with van der Waals surface area (Å²) >= 11 is -1.55. The Kier molecular flexibility index (Phi) is 14.8. The molecule has 45 heavy (non-hydrogen) atoms. The molecular weight excluding hydrogens is 616 g/mol. The largest absolute Gasteiger partial charge is 0.593 e. The number of hydrogen-bond acceptors (Lipinski definition) is 10. The van der Waals surface area contributed by atoms with Gasteiger partial charge in [-0.05, 0) is 55.0 Å². The zero-order chi connectivity index (χ0) is 32.6. The Hall–Kier alpha value is -3.97. The van der Waals surface area contributed by atoms with E-state index < -0.39 is 40.6 Å². The highest BCUT2D eigenvalue weighted by Gasteiger charge is 2.16. The minimum atomic E-state index is -1.55. The van der Waals surface area contributed by atoms with Crippen LogP contribution in [0.5, 0.6) is 11.5 Å². The average Bonchev–Trinajstić information content (AvgIpc) is 3.47. The number of aliphatic hydroxyl groups excluding tert-OH is 1. The molecule has 2 aromatic carbocycles. The van der Waals surface area contributed by atoms with Crippen LogP contribution < -0.4 is 20.9 Å². The highest BCUT2D eigenvalue weighted by atomic mass is 32.2. The van der Waals surface area contributed by atoms with E-state index in [1.165, 1.54) is 37.3 Å². The highest BCUT2D eigenvalue weighted by molar-refractivity contribution is 7.89. The maximum Gasteiger partial charge on any atom is 0.275 e. The van der Waals surface area contributed by atoms with Gasteiger partial charge in [0.1, 0.15) is 11.4 Å². The fourth-order valence-corrected chi connectivity index (χ4v) is 4.36. The van der Waals surface area contributed by atoms with Crippen molar-refractivity contribution >= 4 is 29.3 Å². The lowest BCUT2D eigenvalue weighted by atomic mass is 10.1. The molecule has 0 aliphatic heterocycles. The van der Waals surface area contributed by atoms with Crippen LogP contribution in [0.25, 0.3) is 6.08 Å². The summed E-state index contributed by atoms with van der Waals surface area (Å²) in [5.74, 6) is -3.67. The van der Waals surface area contributed by atoms with Gasteiger partial charge in [0.2, 0.25) is 0 Å². The number of halogens is 2. The number of nitrogens with zero attached hydrogens (tertiary/aromatic N) is 4. The van der Waals surface area contributed by atoms with Gasteiger partial charge < -0.3 is 40.1 Å². The molecule has 0 bridgehead atoms. The Bertz CT molecular complexity index is 1410. The Morgan fingerprint density at radius 3 is 2.29 bits per heavy atom. The number of guanidine groups is 1. The number of nitrogens with one attached hydrogen (secondary N) is 1. The topological polar surface area (TPSA) is 204 Å². The van der Waals surface area contributed by atoms with Gasteiger partial charge in [0.05, 0.1) is 76.9 Å². The molecule has 0 saturated carbocycles. The number of rotatable bonds is 19. The number of benzene rings is 2. The molecule has 0 fully saturated rings. The Balaban J connectivity index is 1.31. The number of hydrogen-bond donors (Lipinski definition) is 4. The van der Waals surface area contributed by atoms with Crippen LogP contribution in [0.4, 0.5) is 8.78 Å². The van der Waals surface area contributed by atoms with E-state index in [0.29, 0.717) is 63.3 Å². The third-order valence-electron chi connectivity index (χ3n) is 5.67. The van der Waals surface area contributed by atoms with Crippen LogP contribution >= 0.6 is 0 Å². The zero-order valence-electron chi connectivity index (χ0n) is 24.5. The van der Waals surface area contributed by atoms with E-state index in [9.17, 15) is 18.1 Å². The molecule has 0 spiro atoms. The quantitative estimate of drug-likeness (QED) is 0.0478. The van der Waals surface area contributed by atoms with Crippen LogP contribution in [0, 0.1) is 11.6 Å². The summed E-state index contributed by atoms with van der Waals surface area (Å²) in [4.78, 5) is 15.6. The van der Waals surface area contributed by atoms with Gasteiger partial charge in [-0.25, -0.2) is 13.5 Å². The van der Waals surface area contributed by atoms with E-state index in [4.69, 9.17) is 35.5 Å². The number of aromatic nitrogens is 3. The maximum absolute atomic E-state index is 14.6. The first-order valence-electron chi connectivity index (χ1n) is 13.6. The first kappa shape index (κ1) is 35.5. The molecule has 1 amide bonds. The molecular formula is C28H35F2N7O7S. The molecule has 6 N–H and O–H groups in total. The summed E-state index contributed by atoms with van der Waals surface area (Å²) in [6.45, 7) is 4.34.